The van der Waals surface area contributed by atoms with Crippen molar-refractivity contribution in [3.8, 4) is 0 Å². The molecule has 57 valence electrons. The van der Waals surface area contributed by atoms with Crippen molar-refractivity contribution in [3.05, 3.63) is 0 Å². The van der Waals surface area contributed by atoms with Crippen molar-refractivity contribution in [2.45, 2.75) is 26.2 Å². The molecule has 1 radical (unpaired) electrons. The van der Waals surface area contributed by atoms with E-state index in [1.165, 1.54) is 0 Å². The molecule has 10 heavy (non-hydrogen) atoms. The number of thiol groups is 1. The monoisotopic (exact) mass is 234 g/mol. The van der Waals surface area contributed by atoms with Crippen LogP contribution in [0, 0.1) is 5.92 Å². The Morgan fingerprint density at radius 2 is 2.20 bits per heavy atom. The van der Waals surface area contributed by atoms with Gasteiger partial charge in [-0.15, -0.1) is 5.92 Å². The van der Waals surface area contributed by atoms with E-state index in [0.717, 1.165) is 19.3 Å². The number of hydrogen-bond acceptors (Lipinski definition) is 2. The van der Waals surface area contributed by atoms with Gasteiger partial charge in [-0.05, 0) is 5.75 Å². The first kappa shape index (κ1) is 13.7. The maximum atomic E-state index is 10.1. The maximum absolute atomic E-state index is 10.1. The Hall–Kier alpha value is 1.12. The van der Waals surface area contributed by atoms with Crippen LogP contribution in [0.4, 0.5) is 0 Å². The van der Waals surface area contributed by atoms with E-state index in [2.05, 4.69) is 19.6 Å². The van der Waals surface area contributed by atoms with Gasteiger partial charge in [0.2, 0.25) is 0 Å². The molecule has 0 amide bonds. The Morgan fingerprint density at radius 1 is 1.60 bits per heavy atom. The first-order valence-corrected chi connectivity index (χ1v) is 3.97. The predicted octanol–water partition coefficient (Wildman–Crippen LogP) is 1.83. The summed E-state index contributed by atoms with van der Waals surface area (Å²) < 4.78 is 0. The van der Waals surface area contributed by atoms with Crippen LogP contribution in [0.2, 0.25) is 0 Å². The smallest absolute Gasteiger partial charge is 0 e. The molecule has 0 saturated heterocycles. The molecule has 0 rings (SSSR count). The van der Waals surface area contributed by atoms with Gasteiger partial charge in [0, 0.05) is 32.7 Å². The van der Waals surface area contributed by atoms with E-state index < -0.39 is 0 Å². The first-order chi connectivity index (χ1) is 4.35. The second kappa shape index (κ2) is 10.1. The molecule has 0 aromatic rings. The standard InChI is InChI=1S/C7H13OS.Y/c1-2-3-4-7(5-8)6-9;/h7,9H,2-4,6H2,1H3;/q-1;. The van der Waals surface area contributed by atoms with Crippen LogP contribution in [0.15, 0.2) is 0 Å². The van der Waals surface area contributed by atoms with E-state index in [0.29, 0.717) is 5.75 Å². The molecular weight excluding hydrogens is 221 g/mol. The molecule has 1 atom stereocenters. The summed E-state index contributed by atoms with van der Waals surface area (Å²) in [4.78, 5) is 10.1. The molecule has 0 aromatic carbocycles. The summed E-state index contributed by atoms with van der Waals surface area (Å²) in [5.41, 5.74) is 0. The van der Waals surface area contributed by atoms with Crippen LogP contribution in [0.1, 0.15) is 26.2 Å². The summed E-state index contributed by atoms with van der Waals surface area (Å²) in [5, 5.41) is 0. The zero-order chi connectivity index (χ0) is 7.11. The topological polar surface area (TPSA) is 17.1 Å². The van der Waals surface area contributed by atoms with Gasteiger partial charge in [-0.25, -0.2) is 0 Å². The van der Waals surface area contributed by atoms with Gasteiger partial charge in [-0.3, -0.25) is 6.29 Å². The molecule has 0 fully saturated rings. The van der Waals surface area contributed by atoms with E-state index in [1.54, 1.807) is 0 Å². The molecule has 0 aromatic heterocycles. The van der Waals surface area contributed by atoms with Gasteiger partial charge in [0.1, 0.15) is 0 Å². The summed E-state index contributed by atoms with van der Waals surface area (Å²) >= 11 is 4.01. The largest absolute Gasteiger partial charge is 0.541 e. The van der Waals surface area contributed by atoms with Crippen molar-refractivity contribution < 1.29 is 37.5 Å². The van der Waals surface area contributed by atoms with E-state index in [4.69, 9.17) is 0 Å². The van der Waals surface area contributed by atoms with E-state index in [1.807, 2.05) is 6.29 Å². The van der Waals surface area contributed by atoms with Crippen LogP contribution >= 0.6 is 12.6 Å². The Morgan fingerprint density at radius 3 is 2.50 bits per heavy atom. The van der Waals surface area contributed by atoms with Gasteiger partial charge in [0.05, 0.1) is 0 Å². The second-order valence-corrected chi connectivity index (χ2v) is 2.50. The summed E-state index contributed by atoms with van der Waals surface area (Å²) in [5.74, 6) is 0.706. The van der Waals surface area contributed by atoms with Crippen LogP contribution in [0.5, 0.6) is 0 Å². The van der Waals surface area contributed by atoms with Gasteiger partial charge < -0.3 is 4.79 Å². The molecule has 0 N–H and O–H groups in total. The van der Waals surface area contributed by atoms with E-state index >= 15 is 0 Å². The molecule has 3 heteroatoms. The zero-order valence-electron chi connectivity index (χ0n) is 6.34. The van der Waals surface area contributed by atoms with Crippen LogP contribution in [-0.2, 0) is 37.5 Å². The molecule has 0 aliphatic heterocycles. The minimum Gasteiger partial charge on any atom is -0.541 e. The first-order valence-electron chi connectivity index (χ1n) is 3.33. The average molecular weight is 234 g/mol. The summed E-state index contributed by atoms with van der Waals surface area (Å²) in [6, 6.07) is 0. The third-order valence-electron chi connectivity index (χ3n) is 1.29. The SMILES string of the molecule is CCCCC([C-]=O)CS.[Y]. The van der Waals surface area contributed by atoms with Crippen LogP contribution in [0.3, 0.4) is 0 Å². The van der Waals surface area contributed by atoms with Crippen molar-refractivity contribution in [3.63, 3.8) is 0 Å². The third-order valence-corrected chi connectivity index (χ3v) is 1.73. The Labute approximate surface area is 93.6 Å². The molecule has 0 aliphatic carbocycles. The van der Waals surface area contributed by atoms with E-state index in [-0.39, 0.29) is 38.6 Å². The molecule has 1 unspecified atom stereocenters. The maximum Gasteiger partial charge on any atom is 0 e. The molecule has 0 bridgehead atoms. The van der Waals surface area contributed by atoms with Gasteiger partial charge in [0.15, 0.2) is 0 Å². The summed E-state index contributed by atoms with van der Waals surface area (Å²) in [7, 11) is 0. The molecule has 0 heterocycles. The minimum absolute atomic E-state index is 0. The summed E-state index contributed by atoms with van der Waals surface area (Å²) in [6.45, 7) is 2.11. The van der Waals surface area contributed by atoms with E-state index in [9.17, 15) is 4.79 Å². The molecule has 0 spiro atoms. The Bertz CT molecular complexity index is 78.0. The van der Waals surface area contributed by atoms with Crippen molar-refractivity contribution in [1.29, 1.82) is 0 Å². The Balaban J connectivity index is 0. The van der Waals surface area contributed by atoms with Gasteiger partial charge >= 0.3 is 0 Å². The van der Waals surface area contributed by atoms with Crippen molar-refractivity contribution in [2.24, 2.45) is 5.92 Å². The fourth-order valence-corrected chi connectivity index (χ4v) is 0.895. The van der Waals surface area contributed by atoms with Crippen LogP contribution < -0.4 is 0 Å². The second-order valence-electron chi connectivity index (χ2n) is 2.14. The Kier molecular flexibility index (Phi) is 13.9. The van der Waals surface area contributed by atoms with Crippen molar-refractivity contribution >= 4 is 18.9 Å². The van der Waals surface area contributed by atoms with Crippen LogP contribution in [-0.4, -0.2) is 12.0 Å². The number of carbonyl (C=O) groups excluding carboxylic acids is 1. The fourth-order valence-electron chi connectivity index (χ4n) is 0.638. The molecular formula is C7H13OSY-. The third kappa shape index (κ3) is 7.23. The van der Waals surface area contributed by atoms with Crippen LogP contribution in [0.25, 0.3) is 0 Å². The van der Waals surface area contributed by atoms with Gasteiger partial charge in [-0.2, -0.15) is 12.6 Å². The summed E-state index contributed by atoms with van der Waals surface area (Å²) in [6.07, 6.45) is 5.16. The normalized spacial score (nSPS) is 11.8. The van der Waals surface area contributed by atoms with Crippen molar-refractivity contribution in [1.82, 2.24) is 0 Å². The number of hydrogen-bond donors (Lipinski definition) is 1. The predicted molar refractivity (Wildman–Crippen MR) is 42.6 cm³/mol. The molecule has 0 saturated carbocycles. The van der Waals surface area contributed by atoms with Crippen molar-refractivity contribution in [2.75, 3.05) is 5.75 Å². The fraction of sp³-hybridized carbons (Fsp3) is 0.857. The zero-order valence-corrected chi connectivity index (χ0v) is 10.1. The quantitative estimate of drug-likeness (QED) is 0.567. The number of rotatable bonds is 5. The molecule has 0 aliphatic rings. The minimum atomic E-state index is 0. The molecule has 1 nitrogen and oxygen atoms in total. The van der Waals surface area contributed by atoms with Gasteiger partial charge in [0.25, 0.3) is 0 Å². The number of unbranched alkanes of at least 4 members (excludes halogenated alkanes) is 1. The van der Waals surface area contributed by atoms with Gasteiger partial charge in [-0.1, -0.05) is 26.2 Å². The average Bonchev–Trinajstić information content (AvgIpc) is 1.91.